The quantitative estimate of drug-likeness (QED) is 0.742. The number of hydrogen-bond donors (Lipinski definition) is 1. The van der Waals surface area contributed by atoms with Crippen molar-refractivity contribution in [1.82, 2.24) is 14.9 Å². The molecule has 0 saturated carbocycles. The van der Waals surface area contributed by atoms with E-state index >= 15 is 0 Å². The van der Waals surface area contributed by atoms with Crippen LogP contribution in [0.5, 0.6) is 11.5 Å². The van der Waals surface area contributed by atoms with Crippen LogP contribution >= 0.6 is 11.3 Å². The van der Waals surface area contributed by atoms with Gasteiger partial charge in [-0.3, -0.25) is 14.2 Å². The molecule has 0 bridgehead atoms. The molecule has 134 valence electrons. The number of aromatic nitrogens is 2. The highest BCUT2D eigenvalue weighted by atomic mass is 32.1. The summed E-state index contributed by atoms with van der Waals surface area (Å²) in [6, 6.07) is 7.37. The molecule has 0 unspecified atom stereocenters. The van der Waals surface area contributed by atoms with Crippen LogP contribution < -0.4 is 20.3 Å². The highest BCUT2D eigenvalue weighted by Gasteiger charge is 2.14. The monoisotopic (exact) mass is 371 g/mol. The predicted octanol–water partition coefficient (Wildman–Crippen LogP) is 2.07. The Bertz CT molecular complexity index is 1040. The Kier molecular flexibility index (Phi) is 4.34. The van der Waals surface area contributed by atoms with Gasteiger partial charge in [-0.05, 0) is 30.2 Å². The molecule has 26 heavy (non-hydrogen) atoms. The van der Waals surface area contributed by atoms with Gasteiger partial charge >= 0.3 is 0 Å². The van der Waals surface area contributed by atoms with E-state index < -0.39 is 0 Å². The third-order valence-electron chi connectivity index (χ3n) is 4.16. The predicted molar refractivity (Wildman–Crippen MR) is 97.7 cm³/mol. The zero-order chi connectivity index (χ0) is 18.1. The number of carbonyl (C=O) groups excluding carboxylic acids is 1. The van der Waals surface area contributed by atoms with Crippen LogP contribution in [0.15, 0.2) is 35.4 Å². The first-order valence-corrected chi connectivity index (χ1v) is 9.09. The molecule has 0 radical (unpaired) electrons. The lowest BCUT2D eigenvalue weighted by Gasteiger charge is -2.08. The number of amides is 1. The minimum absolute atomic E-state index is 0.0658. The molecule has 0 fully saturated rings. The van der Waals surface area contributed by atoms with Gasteiger partial charge in [0, 0.05) is 11.4 Å². The summed E-state index contributed by atoms with van der Waals surface area (Å²) in [5.74, 6) is 1.12. The molecule has 1 aliphatic rings. The van der Waals surface area contributed by atoms with Gasteiger partial charge in [0.25, 0.3) is 5.56 Å². The Balaban J connectivity index is 1.44. The molecule has 0 aliphatic carbocycles. The summed E-state index contributed by atoms with van der Waals surface area (Å²) in [5.41, 5.74) is 0.707. The molecule has 0 atom stereocenters. The average molecular weight is 371 g/mol. The van der Waals surface area contributed by atoms with Crippen molar-refractivity contribution in [2.45, 2.75) is 26.4 Å². The smallest absolute Gasteiger partial charge is 0.262 e. The molecule has 2 aromatic heterocycles. The second-order valence-electron chi connectivity index (χ2n) is 5.93. The van der Waals surface area contributed by atoms with Gasteiger partial charge in [-0.15, -0.1) is 11.3 Å². The number of thiophene rings is 1. The fraction of sp³-hybridized carbons (Fsp3) is 0.278. The summed E-state index contributed by atoms with van der Waals surface area (Å²) in [6.07, 6.45) is 2.29. The first-order chi connectivity index (χ1) is 12.6. The maximum atomic E-state index is 12.5. The maximum absolute atomic E-state index is 12.5. The molecular formula is C18H17N3O4S. The van der Waals surface area contributed by atoms with E-state index in [1.807, 2.05) is 31.2 Å². The largest absolute Gasteiger partial charge is 0.454 e. The van der Waals surface area contributed by atoms with Crippen LogP contribution in [0.4, 0.5) is 0 Å². The minimum atomic E-state index is -0.253. The Morgan fingerprint density at radius 2 is 2.15 bits per heavy atom. The Morgan fingerprint density at radius 1 is 1.31 bits per heavy atom. The van der Waals surface area contributed by atoms with Crippen LogP contribution in [0, 0.1) is 0 Å². The van der Waals surface area contributed by atoms with Crippen molar-refractivity contribution < 1.29 is 14.3 Å². The Hall–Kier alpha value is -2.87. The van der Waals surface area contributed by atoms with E-state index in [9.17, 15) is 9.59 Å². The van der Waals surface area contributed by atoms with Crippen molar-refractivity contribution in [3.63, 3.8) is 0 Å². The molecular weight excluding hydrogens is 354 g/mol. The molecule has 1 aliphatic heterocycles. The fourth-order valence-electron chi connectivity index (χ4n) is 2.76. The molecule has 7 nitrogen and oxygen atoms in total. The topological polar surface area (TPSA) is 82.5 Å². The summed E-state index contributed by atoms with van der Waals surface area (Å²) in [5, 5.41) is 3.38. The first-order valence-electron chi connectivity index (χ1n) is 8.27. The standard InChI is InChI=1S/C18H17N3O4S/c1-2-12-6-13-17(26-12)20-9-21(18(13)23)8-16(22)19-7-11-3-4-14-15(5-11)25-10-24-14/h3-6,9H,2,7-8,10H2,1H3,(H,19,22). The van der Waals surface area contributed by atoms with E-state index in [-0.39, 0.29) is 24.8 Å². The van der Waals surface area contributed by atoms with Crippen LogP contribution in [-0.4, -0.2) is 22.3 Å². The van der Waals surface area contributed by atoms with E-state index in [4.69, 9.17) is 9.47 Å². The zero-order valence-electron chi connectivity index (χ0n) is 14.2. The fourth-order valence-corrected chi connectivity index (χ4v) is 3.68. The highest BCUT2D eigenvalue weighted by Crippen LogP contribution is 2.32. The number of rotatable bonds is 5. The number of carbonyl (C=O) groups is 1. The van der Waals surface area contributed by atoms with Crippen LogP contribution in [0.3, 0.4) is 0 Å². The molecule has 3 aromatic rings. The van der Waals surface area contributed by atoms with E-state index in [2.05, 4.69) is 10.3 Å². The van der Waals surface area contributed by atoms with E-state index in [1.54, 1.807) is 0 Å². The molecule has 8 heteroatoms. The summed E-state index contributed by atoms with van der Waals surface area (Å²) < 4.78 is 11.9. The normalized spacial score (nSPS) is 12.5. The third-order valence-corrected chi connectivity index (χ3v) is 5.35. The maximum Gasteiger partial charge on any atom is 0.262 e. The van der Waals surface area contributed by atoms with Crippen molar-refractivity contribution in [2.24, 2.45) is 0 Å². The highest BCUT2D eigenvalue weighted by molar-refractivity contribution is 7.18. The van der Waals surface area contributed by atoms with Gasteiger partial charge < -0.3 is 14.8 Å². The van der Waals surface area contributed by atoms with Crippen molar-refractivity contribution in [3.8, 4) is 11.5 Å². The summed E-state index contributed by atoms with van der Waals surface area (Å²) in [6.45, 7) is 2.53. The van der Waals surface area contributed by atoms with E-state index in [0.717, 1.165) is 16.9 Å². The van der Waals surface area contributed by atoms with Crippen LogP contribution in [-0.2, 0) is 24.3 Å². The molecule has 1 amide bonds. The molecule has 1 aromatic carbocycles. The number of benzene rings is 1. The zero-order valence-corrected chi connectivity index (χ0v) is 15.0. The lowest BCUT2D eigenvalue weighted by atomic mass is 10.2. The third kappa shape index (κ3) is 3.15. The average Bonchev–Trinajstić information content (AvgIpc) is 3.28. The van der Waals surface area contributed by atoms with Crippen molar-refractivity contribution in [1.29, 1.82) is 0 Å². The molecule has 0 spiro atoms. The minimum Gasteiger partial charge on any atom is -0.454 e. The first kappa shape index (κ1) is 16.6. The van der Waals surface area contributed by atoms with E-state index in [0.29, 0.717) is 28.3 Å². The van der Waals surface area contributed by atoms with Gasteiger partial charge in [0.05, 0.1) is 11.7 Å². The number of nitrogens with one attached hydrogen (secondary N) is 1. The van der Waals surface area contributed by atoms with Crippen molar-refractivity contribution in [3.05, 3.63) is 51.4 Å². The molecule has 0 saturated heterocycles. The van der Waals surface area contributed by atoms with Gasteiger partial charge in [0.1, 0.15) is 11.4 Å². The number of fused-ring (bicyclic) bond motifs is 2. The van der Waals surface area contributed by atoms with Gasteiger partial charge in [-0.2, -0.15) is 0 Å². The summed E-state index contributed by atoms with van der Waals surface area (Å²) >= 11 is 1.51. The lowest BCUT2D eigenvalue weighted by Crippen LogP contribution is -2.32. The molecule has 4 rings (SSSR count). The van der Waals surface area contributed by atoms with Crippen molar-refractivity contribution >= 4 is 27.5 Å². The number of aryl methyl sites for hydroxylation is 1. The Morgan fingerprint density at radius 3 is 3.00 bits per heavy atom. The van der Waals surface area contributed by atoms with Gasteiger partial charge in [0.15, 0.2) is 11.5 Å². The number of nitrogens with zero attached hydrogens (tertiary/aromatic N) is 2. The van der Waals surface area contributed by atoms with Gasteiger partial charge in [-0.1, -0.05) is 13.0 Å². The van der Waals surface area contributed by atoms with Crippen LogP contribution in [0.25, 0.3) is 10.2 Å². The lowest BCUT2D eigenvalue weighted by molar-refractivity contribution is -0.121. The SMILES string of the molecule is CCc1cc2c(=O)n(CC(=O)NCc3ccc4c(c3)OCO4)cnc2s1. The Labute approximate surface area is 153 Å². The summed E-state index contributed by atoms with van der Waals surface area (Å²) in [7, 11) is 0. The van der Waals surface area contributed by atoms with Gasteiger partial charge in [0.2, 0.25) is 12.7 Å². The number of ether oxygens (including phenoxy) is 2. The van der Waals surface area contributed by atoms with Crippen LogP contribution in [0.2, 0.25) is 0 Å². The second kappa shape index (κ2) is 6.80. The second-order valence-corrected chi connectivity index (χ2v) is 7.04. The van der Waals surface area contributed by atoms with Gasteiger partial charge in [-0.25, -0.2) is 4.98 Å². The van der Waals surface area contributed by atoms with Crippen LogP contribution in [0.1, 0.15) is 17.4 Å². The van der Waals surface area contributed by atoms with E-state index in [1.165, 1.54) is 22.2 Å². The summed E-state index contributed by atoms with van der Waals surface area (Å²) in [4.78, 5) is 30.8. The molecule has 3 heterocycles. The molecule has 1 N–H and O–H groups in total. The number of hydrogen-bond acceptors (Lipinski definition) is 6. The van der Waals surface area contributed by atoms with Crippen molar-refractivity contribution in [2.75, 3.05) is 6.79 Å².